The number of nitrogens with one attached hydrogen (secondary N) is 2. The van der Waals surface area contributed by atoms with Crippen molar-refractivity contribution in [2.24, 2.45) is 4.99 Å². The predicted molar refractivity (Wildman–Crippen MR) is 129 cm³/mol. The van der Waals surface area contributed by atoms with E-state index in [-0.39, 0.29) is 36.3 Å². The number of pyridine rings is 1. The van der Waals surface area contributed by atoms with Gasteiger partial charge in [0.25, 0.3) is 5.89 Å². The molecule has 0 aliphatic carbocycles. The van der Waals surface area contributed by atoms with Crippen molar-refractivity contribution in [2.75, 3.05) is 20.2 Å². The first-order valence-corrected chi connectivity index (χ1v) is 9.97. The van der Waals surface area contributed by atoms with Crippen molar-refractivity contribution in [2.45, 2.75) is 26.5 Å². The van der Waals surface area contributed by atoms with Gasteiger partial charge >= 0.3 is 6.61 Å². The molecule has 178 valence electrons. The summed E-state index contributed by atoms with van der Waals surface area (Å²) in [4.78, 5) is 13.0. The fourth-order valence-electron chi connectivity index (χ4n) is 2.76. The number of nitrogens with zero attached hydrogens (tertiary/aromatic N) is 4. The monoisotopic (exact) mass is 574 g/mol. The number of alkyl halides is 2. The molecule has 0 amide bonds. The van der Waals surface area contributed by atoms with Crippen molar-refractivity contribution in [3.8, 4) is 23.1 Å². The number of methoxy groups -OCH3 is 1. The van der Waals surface area contributed by atoms with E-state index in [9.17, 15) is 8.78 Å². The molecule has 12 heteroatoms. The van der Waals surface area contributed by atoms with Gasteiger partial charge in [0.15, 0.2) is 11.8 Å². The summed E-state index contributed by atoms with van der Waals surface area (Å²) >= 11 is 0. The maximum absolute atomic E-state index is 12.7. The van der Waals surface area contributed by atoms with E-state index in [0.29, 0.717) is 54.2 Å². The minimum absolute atomic E-state index is 0. The molecule has 9 nitrogen and oxygen atoms in total. The molecule has 0 spiro atoms. The van der Waals surface area contributed by atoms with E-state index in [0.717, 1.165) is 0 Å². The minimum Gasteiger partial charge on any atom is -0.497 e. The predicted octanol–water partition coefficient (Wildman–Crippen LogP) is 3.66. The third-order valence-electron chi connectivity index (χ3n) is 4.23. The summed E-state index contributed by atoms with van der Waals surface area (Å²) in [7, 11) is 1.50. The van der Waals surface area contributed by atoms with E-state index >= 15 is 0 Å². The molecule has 0 atom stereocenters. The quantitative estimate of drug-likeness (QED) is 0.215. The van der Waals surface area contributed by atoms with Crippen LogP contribution >= 0.6 is 24.0 Å². The van der Waals surface area contributed by atoms with Gasteiger partial charge in [-0.1, -0.05) is 11.2 Å². The van der Waals surface area contributed by atoms with Crippen LogP contribution in [0.15, 0.2) is 52.1 Å². The van der Waals surface area contributed by atoms with Gasteiger partial charge < -0.3 is 24.6 Å². The number of benzene rings is 1. The lowest BCUT2D eigenvalue weighted by Crippen LogP contribution is -2.38. The molecule has 0 saturated carbocycles. The Kier molecular flexibility index (Phi) is 10.7. The number of rotatable bonds is 10. The Morgan fingerprint density at radius 3 is 2.76 bits per heavy atom. The van der Waals surface area contributed by atoms with E-state index in [2.05, 4.69) is 35.5 Å². The maximum Gasteiger partial charge on any atom is 0.387 e. The van der Waals surface area contributed by atoms with Crippen LogP contribution in [-0.2, 0) is 13.0 Å². The smallest absolute Gasteiger partial charge is 0.387 e. The lowest BCUT2D eigenvalue weighted by molar-refractivity contribution is -0.0504. The molecule has 0 bridgehead atoms. The highest BCUT2D eigenvalue weighted by molar-refractivity contribution is 14.0. The number of guanidine groups is 1. The average Bonchev–Trinajstić information content (AvgIpc) is 3.27. The van der Waals surface area contributed by atoms with Crippen LogP contribution in [0.5, 0.6) is 11.5 Å². The van der Waals surface area contributed by atoms with Gasteiger partial charge in [-0.2, -0.15) is 13.8 Å². The zero-order chi connectivity index (χ0) is 22.8. The van der Waals surface area contributed by atoms with Crippen LogP contribution in [0.4, 0.5) is 8.78 Å². The average molecular weight is 574 g/mol. The van der Waals surface area contributed by atoms with E-state index in [1.54, 1.807) is 30.5 Å². The lowest BCUT2D eigenvalue weighted by atomic mass is 10.2. The third kappa shape index (κ3) is 8.11. The maximum atomic E-state index is 12.7. The molecule has 2 aromatic heterocycles. The lowest BCUT2D eigenvalue weighted by Gasteiger charge is -2.13. The summed E-state index contributed by atoms with van der Waals surface area (Å²) in [5.41, 5.74) is 1.08. The highest BCUT2D eigenvalue weighted by atomic mass is 127. The molecule has 0 aliphatic rings. The summed E-state index contributed by atoms with van der Waals surface area (Å²) in [6, 6.07) is 10.0. The number of halogens is 3. The SMILES string of the molecule is CCNC(=NCc1cc(OC)ccc1OC(F)F)NCCc1noc(-c2ccccn2)n1.I. The Hall–Kier alpha value is -3.03. The molecule has 2 heterocycles. The van der Waals surface area contributed by atoms with Crippen LogP contribution in [0.1, 0.15) is 18.3 Å². The Bertz CT molecular complexity index is 1020. The molecular formula is C21H25F2IN6O3. The Morgan fingerprint density at radius 2 is 2.06 bits per heavy atom. The third-order valence-corrected chi connectivity index (χ3v) is 4.23. The van der Waals surface area contributed by atoms with Gasteiger partial charge in [-0.05, 0) is 37.3 Å². The largest absolute Gasteiger partial charge is 0.497 e. The van der Waals surface area contributed by atoms with E-state index in [4.69, 9.17) is 9.26 Å². The van der Waals surface area contributed by atoms with Crippen LogP contribution in [0.25, 0.3) is 11.6 Å². The number of aliphatic imine (C=N–C) groups is 1. The first-order chi connectivity index (χ1) is 15.6. The van der Waals surface area contributed by atoms with Gasteiger partial charge in [-0.3, -0.25) is 4.98 Å². The number of hydrogen-bond donors (Lipinski definition) is 2. The van der Waals surface area contributed by atoms with Crippen LogP contribution in [-0.4, -0.2) is 47.9 Å². The van der Waals surface area contributed by atoms with E-state index < -0.39 is 6.61 Å². The van der Waals surface area contributed by atoms with Crippen molar-refractivity contribution in [1.29, 1.82) is 0 Å². The van der Waals surface area contributed by atoms with Gasteiger partial charge in [0.05, 0.1) is 13.7 Å². The minimum atomic E-state index is -2.93. The van der Waals surface area contributed by atoms with Crippen molar-refractivity contribution in [3.05, 3.63) is 54.0 Å². The number of aromatic nitrogens is 3. The first-order valence-electron chi connectivity index (χ1n) is 9.97. The van der Waals surface area contributed by atoms with Crippen LogP contribution in [0.2, 0.25) is 0 Å². The fourth-order valence-corrected chi connectivity index (χ4v) is 2.76. The Morgan fingerprint density at radius 1 is 1.21 bits per heavy atom. The second kappa shape index (κ2) is 13.5. The molecule has 0 fully saturated rings. The molecular weight excluding hydrogens is 549 g/mol. The van der Waals surface area contributed by atoms with Crippen molar-refractivity contribution in [3.63, 3.8) is 0 Å². The van der Waals surface area contributed by atoms with Crippen molar-refractivity contribution < 1.29 is 22.8 Å². The van der Waals surface area contributed by atoms with Gasteiger partial charge in [0, 0.05) is 31.3 Å². The molecule has 2 N–H and O–H groups in total. The molecule has 0 unspecified atom stereocenters. The first kappa shape index (κ1) is 26.2. The standard InChI is InChI=1S/C21H24F2N6O3.HI/c1-3-24-21(27-13-14-12-15(30-2)7-8-17(14)31-20(22)23)26-11-9-18-28-19(32-29-18)16-6-4-5-10-25-16;/h4-8,10,12,20H,3,9,11,13H2,1-2H3,(H2,24,26,27);1H. The van der Waals surface area contributed by atoms with Crippen LogP contribution in [0.3, 0.4) is 0 Å². The molecule has 0 aliphatic heterocycles. The van der Waals surface area contributed by atoms with Crippen molar-refractivity contribution >= 4 is 29.9 Å². The Balaban J connectivity index is 0.00000385. The summed E-state index contributed by atoms with van der Waals surface area (Å²) < 4.78 is 40.4. The molecule has 33 heavy (non-hydrogen) atoms. The zero-order valence-corrected chi connectivity index (χ0v) is 20.5. The number of ether oxygens (including phenoxy) is 2. The van der Waals surface area contributed by atoms with Gasteiger partial charge in [-0.25, -0.2) is 4.99 Å². The molecule has 0 radical (unpaired) electrons. The Labute approximate surface area is 207 Å². The van der Waals surface area contributed by atoms with Crippen molar-refractivity contribution in [1.82, 2.24) is 25.8 Å². The number of hydrogen-bond acceptors (Lipinski definition) is 7. The molecule has 1 aromatic carbocycles. The van der Waals surface area contributed by atoms with E-state index in [1.165, 1.54) is 13.2 Å². The summed E-state index contributed by atoms with van der Waals surface area (Å²) in [6.45, 7) is 0.206. The topological polar surface area (TPSA) is 107 Å². The van der Waals surface area contributed by atoms with E-state index in [1.807, 2.05) is 13.0 Å². The highest BCUT2D eigenvalue weighted by Gasteiger charge is 2.12. The normalized spacial score (nSPS) is 11.1. The fraction of sp³-hybridized carbons (Fsp3) is 0.333. The molecule has 3 aromatic rings. The van der Waals surface area contributed by atoms with Crippen LogP contribution in [0, 0.1) is 0 Å². The van der Waals surface area contributed by atoms with Gasteiger partial charge in [-0.15, -0.1) is 24.0 Å². The summed E-state index contributed by atoms with van der Waals surface area (Å²) in [6.07, 6.45) is 2.14. The van der Waals surface area contributed by atoms with Gasteiger partial charge in [0.2, 0.25) is 0 Å². The second-order valence-corrected chi connectivity index (χ2v) is 6.45. The molecule has 3 rings (SSSR count). The second-order valence-electron chi connectivity index (χ2n) is 6.45. The molecule has 0 saturated heterocycles. The van der Waals surface area contributed by atoms with Gasteiger partial charge in [0.1, 0.15) is 17.2 Å². The summed E-state index contributed by atoms with van der Waals surface area (Å²) in [5.74, 6) is 1.96. The zero-order valence-electron chi connectivity index (χ0n) is 18.1. The highest BCUT2D eigenvalue weighted by Crippen LogP contribution is 2.26. The van der Waals surface area contributed by atoms with Crippen LogP contribution < -0.4 is 20.1 Å². The summed E-state index contributed by atoms with van der Waals surface area (Å²) in [5, 5.41) is 10.2.